The topological polar surface area (TPSA) is 77.2 Å². The van der Waals surface area contributed by atoms with Gasteiger partial charge in [0, 0.05) is 18.0 Å². The van der Waals surface area contributed by atoms with Crippen LogP contribution in [0.15, 0.2) is 41.1 Å². The van der Waals surface area contributed by atoms with E-state index in [-0.39, 0.29) is 5.91 Å². The molecule has 0 unspecified atom stereocenters. The van der Waals surface area contributed by atoms with Gasteiger partial charge in [0.25, 0.3) is 5.91 Å². The van der Waals surface area contributed by atoms with Crippen LogP contribution in [0.3, 0.4) is 0 Å². The Bertz CT molecular complexity index is 617. The SMILES string of the molecule is COc1ccc(C(=O)Nc2cccnc2Br)c(N)c1. The molecule has 0 aliphatic carbocycles. The van der Waals surface area contributed by atoms with Crippen molar-refractivity contribution < 1.29 is 9.53 Å². The Kier molecular flexibility index (Phi) is 4.01. The molecule has 0 saturated heterocycles. The van der Waals surface area contributed by atoms with Crippen LogP contribution in [0, 0.1) is 0 Å². The quantitative estimate of drug-likeness (QED) is 0.673. The number of methoxy groups -OCH3 is 1. The number of hydrogen-bond acceptors (Lipinski definition) is 4. The fraction of sp³-hybridized carbons (Fsp3) is 0.0769. The Balaban J connectivity index is 2.23. The maximum Gasteiger partial charge on any atom is 0.257 e. The van der Waals surface area contributed by atoms with Crippen LogP contribution in [-0.2, 0) is 0 Å². The summed E-state index contributed by atoms with van der Waals surface area (Å²) in [6, 6.07) is 8.39. The average molecular weight is 322 g/mol. The highest BCUT2D eigenvalue weighted by molar-refractivity contribution is 9.10. The van der Waals surface area contributed by atoms with Crippen LogP contribution in [0.25, 0.3) is 0 Å². The second kappa shape index (κ2) is 5.71. The van der Waals surface area contributed by atoms with Crippen molar-refractivity contribution in [1.82, 2.24) is 4.98 Å². The number of nitrogens with zero attached hydrogens (tertiary/aromatic N) is 1. The molecular formula is C13H12BrN3O2. The fourth-order valence-electron chi connectivity index (χ4n) is 1.54. The van der Waals surface area contributed by atoms with Crippen molar-refractivity contribution in [3.63, 3.8) is 0 Å². The number of nitrogen functional groups attached to an aromatic ring is 1. The number of nitrogens with two attached hydrogens (primary N) is 1. The molecule has 1 aromatic heterocycles. The van der Waals surface area contributed by atoms with Crippen molar-refractivity contribution in [3.05, 3.63) is 46.7 Å². The molecule has 19 heavy (non-hydrogen) atoms. The van der Waals surface area contributed by atoms with Gasteiger partial charge in [0.05, 0.1) is 18.4 Å². The Morgan fingerprint density at radius 1 is 1.42 bits per heavy atom. The van der Waals surface area contributed by atoms with Crippen LogP contribution >= 0.6 is 15.9 Å². The molecule has 0 atom stereocenters. The number of benzene rings is 1. The van der Waals surface area contributed by atoms with Gasteiger partial charge >= 0.3 is 0 Å². The fourth-order valence-corrected chi connectivity index (χ4v) is 1.89. The van der Waals surface area contributed by atoms with Crippen molar-refractivity contribution in [2.45, 2.75) is 0 Å². The standard InChI is InChI=1S/C13H12BrN3O2/c1-19-8-4-5-9(10(15)7-8)13(18)17-11-3-2-6-16-12(11)14/h2-7H,15H2,1H3,(H,17,18). The van der Waals surface area contributed by atoms with E-state index in [2.05, 4.69) is 26.2 Å². The van der Waals surface area contributed by atoms with Gasteiger partial charge in [0.1, 0.15) is 10.4 Å². The van der Waals surface area contributed by atoms with Crippen LogP contribution < -0.4 is 15.8 Å². The highest BCUT2D eigenvalue weighted by atomic mass is 79.9. The lowest BCUT2D eigenvalue weighted by molar-refractivity contribution is 0.102. The first-order chi connectivity index (χ1) is 9.11. The lowest BCUT2D eigenvalue weighted by Crippen LogP contribution is -2.14. The Morgan fingerprint density at radius 2 is 2.21 bits per heavy atom. The minimum atomic E-state index is -0.297. The first-order valence-electron chi connectivity index (χ1n) is 5.47. The Morgan fingerprint density at radius 3 is 2.84 bits per heavy atom. The normalized spacial score (nSPS) is 10.0. The van der Waals surface area contributed by atoms with Crippen molar-refractivity contribution in [1.29, 1.82) is 0 Å². The minimum absolute atomic E-state index is 0.297. The molecule has 6 heteroatoms. The highest BCUT2D eigenvalue weighted by Crippen LogP contribution is 2.23. The number of rotatable bonds is 3. The third-order valence-corrected chi connectivity index (χ3v) is 3.14. The summed E-state index contributed by atoms with van der Waals surface area (Å²) >= 11 is 3.26. The predicted octanol–water partition coefficient (Wildman–Crippen LogP) is 2.69. The summed E-state index contributed by atoms with van der Waals surface area (Å²) in [4.78, 5) is 16.1. The first kappa shape index (κ1) is 13.4. The lowest BCUT2D eigenvalue weighted by atomic mass is 10.1. The summed E-state index contributed by atoms with van der Waals surface area (Å²) < 4.78 is 5.60. The number of carbonyl (C=O) groups is 1. The maximum absolute atomic E-state index is 12.1. The van der Waals surface area contributed by atoms with Crippen molar-refractivity contribution in [2.24, 2.45) is 0 Å². The molecule has 1 amide bonds. The number of halogens is 1. The summed E-state index contributed by atoms with van der Waals surface area (Å²) in [6.45, 7) is 0. The molecule has 0 bridgehead atoms. The summed E-state index contributed by atoms with van der Waals surface area (Å²) in [6.07, 6.45) is 1.63. The smallest absolute Gasteiger partial charge is 0.257 e. The molecule has 3 N–H and O–H groups in total. The molecule has 1 aromatic carbocycles. The summed E-state index contributed by atoms with van der Waals surface area (Å²) in [5, 5.41) is 2.74. The zero-order chi connectivity index (χ0) is 13.8. The van der Waals surface area contributed by atoms with Crippen molar-refractivity contribution in [2.75, 3.05) is 18.2 Å². The second-order valence-electron chi connectivity index (χ2n) is 3.75. The molecule has 0 radical (unpaired) electrons. The zero-order valence-electron chi connectivity index (χ0n) is 10.2. The molecule has 98 valence electrons. The van der Waals surface area contributed by atoms with Crippen LogP contribution in [0.5, 0.6) is 5.75 Å². The molecule has 5 nitrogen and oxygen atoms in total. The van der Waals surface area contributed by atoms with Crippen LogP contribution in [-0.4, -0.2) is 18.0 Å². The third kappa shape index (κ3) is 3.03. The van der Waals surface area contributed by atoms with Crippen LogP contribution in [0.2, 0.25) is 0 Å². The monoisotopic (exact) mass is 321 g/mol. The van der Waals surface area contributed by atoms with Gasteiger partial charge in [-0.25, -0.2) is 4.98 Å². The van der Waals surface area contributed by atoms with E-state index in [1.807, 2.05) is 0 Å². The molecule has 2 aromatic rings. The number of amides is 1. The van der Waals surface area contributed by atoms with Crippen molar-refractivity contribution in [3.8, 4) is 5.75 Å². The molecule has 0 saturated carbocycles. The van der Waals surface area contributed by atoms with E-state index in [0.29, 0.717) is 27.3 Å². The predicted molar refractivity (Wildman–Crippen MR) is 77.3 cm³/mol. The number of hydrogen-bond donors (Lipinski definition) is 2. The van der Waals surface area contributed by atoms with E-state index in [0.717, 1.165) is 0 Å². The van der Waals surface area contributed by atoms with E-state index in [1.54, 1.807) is 43.6 Å². The van der Waals surface area contributed by atoms with Crippen LogP contribution in [0.1, 0.15) is 10.4 Å². The Labute approximate surface area is 118 Å². The van der Waals surface area contributed by atoms with E-state index in [4.69, 9.17) is 10.5 Å². The molecular weight excluding hydrogens is 310 g/mol. The zero-order valence-corrected chi connectivity index (χ0v) is 11.8. The minimum Gasteiger partial charge on any atom is -0.497 e. The third-order valence-electron chi connectivity index (χ3n) is 2.51. The van der Waals surface area contributed by atoms with E-state index in [1.165, 1.54) is 0 Å². The van der Waals surface area contributed by atoms with E-state index < -0.39 is 0 Å². The molecule has 0 spiro atoms. The van der Waals surface area contributed by atoms with E-state index in [9.17, 15) is 4.79 Å². The number of pyridine rings is 1. The van der Waals surface area contributed by atoms with Gasteiger partial charge in [0.2, 0.25) is 0 Å². The van der Waals surface area contributed by atoms with Gasteiger partial charge in [-0.1, -0.05) is 0 Å². The molecule has 2 rings (SSSR count). The largest absolute Gasteiger partial charge is 0.497 e. The lowest BCUT2D eigenvalue weighted by Gasteiger charge is -2.09. The molecule has 0 aliphatic rings. The summed E-state index contributed by atoms with van der Waals surface area (Å²) in [5.74, 6) is 0.311. The number of nitrogens with one attached hydrogen (secondary N) is 1. The number of carbonyl (C=O) groups excluding carboxylic acids is 1. The highest BCUT2D eigenvalue weighted by Gasteiger charge is 2.12. The van der Waals surface area contributed by atoms with E-state index >= 15 is 0 Å². The number of aromatic nitrogens is 1. The molecule has 0 fully saturated rings. The van der Waals surface area contributed by atoms with Crippen LogP contribution in [0.4, 0.5) is 11.4 Å². The number of ether oxygens (including phenoxy) is 1. The average Bonchev–Trinajstić information content (AvgIpc) is 2.41. The first-order valence-corrected chi connectivity index (χ1v) is 6.26. The summed E-state index contributed by atoms with van der Waals surface area (Å²) in [7, 11) is 1.54. The second-order valence-corrected chi connectivity index (χ2v) is 4.50. The van der Waals surface area contributed by atoms with Gasteiger partial charge in [0.15, 0.2) is 0 Å². The van der Waals surface area contributed by atoms with Gasteiger partial charge in [-0.3, -0.25) is 4.79 Å². The number of anilines is 2. The Hall–Kier alpha value is -2.08. The van der Waals surface area contributed by atoms with Gasteiger partial charge in [-0.15, -0.1) is 0 Å². The van der Waals surface area contributed by atoms with Gasteiger partial charge in [-0.2, -0.15) is 0 Å². The molecule has 1 heterocycles. The maximum atomic E-state index is 12.1. The van der Waals surface area contributed by atoms with Gasteiger partial charge < -0.3 is 15.8 Å². The molecule has 0 aliphatic heterocycles. The van der Waals surface area contributed by atoms with Gasteiger partial charge in [-0.05, 0) is 40.2 Å². The van der Waals surface area contributed by atoms with Crippen molar-refractivity contribution >= 4 is 33.2 Å². The summed E-state index contributed by atoms with van der Waals surface area (Å²) in [5.41, 5.74) is 7.15.